The molecule has 2 atom stereocenters. The second-order valence-corrected chi connectivity index (χ2v) is 7.08. The first-order valence-corrected chi connectivity index (χ1v) is 9.23. The molecule has 1 N–H and O–H groups in total. The van der Waals surface area contributed by atoms with E-state index >= 15 is 0 Å². The lowest BCUT2D eigenvalue weighted by molar-refractivity contribution is -0.0824. The van der Waals surface area contributed by atoms with Crippen LogP contribution in [0.25, 0.3) is 0 Å². The highest BCUT2D eigenvalue weighted by Crippen LogP contribution is 2.41. The van der Waals surface area contributed by atoms with E-state index in [2.05, 4.69) is 18.7 Å². The molecule has 0 aromatic carbocycles. The molecule has 1 aliphatic carbocycles. The molecule has 2 aliphatic rings. The molecule has 0 spiro atoms. The number of hydrogen-bond donors (Lipinski definition) is 1. The van der Waals surface area contributed by atoms with Gasteiger partial charge in [0.15, 0.2) is 0 Å². The lowest BCUT2D eigenvalue weighted by Gasteiger charge is -2.47. The normalized spacial score (nSPS) is 25.9. The molecule has 1 saturated carbocycles. The molecule has 21 heavy (non-hydrogen) atoms. The summed E-state index contributed by atoms with van der Waals surface area (Å²) in [6.45, 7) is 8.22. The zero-order valence-electron chi connectivity index (χ0n) is 14.1. The first-order chi connectivity index (χ1) is 10.2. The predicted octanol–water partition coefficient (Wildman–Crippen LogP) is 3.60. The molecule has 0 bridgehead atoms. The van der Waals surface area contributed by atoms with E-state index < -0.39 is 0 Å². The van der Waals surface area contributed by atoms with Gasteiger partial charge in [-0.1, -0.05) is 52.4 Å². The van der Waals surface area contributed by atoms with Crippen LogP contribution in [0.15, 0.2) is 0 Å². The monoisotopic (exact) mass is 297 g/mol. The van der Waals surface area contributed by atoms with Crippen LogP contribution in [0.3, 0.4) is 0 Å². The van der Waals surface area contributed by atoms with Gasteiger partial charge < -0.3 is 9.84 Å². The Kier molecular flexibility index (Phi) is 6.97. The zero-order valence-corrected chi connectivity index (χ0v) is 14.1. The minimum Gasteiger partial charge on any atom is -0.391 e. The molecule has 1 saturated heterocycles. The molecule has 0 aromatic rings. The second kappa shape index (κ2) is 8.50. The molecule has 0 aromatic heterocycles. The van der Waals surface area contributed by atoms with Gasteiger partial charge in [0.1, 0.15) is 0 Å². The van der Waals surface area contributed by atoms with Gasteiger partial charge in [0.25, 0.3) is 0 Å². The van der Waals surface area contributed by atoms with E-state index in [4.69, 9.17) is 4.74 Å². The number of ether oxygens (including phenoxy) is 1. The Morgan fingerprint density at radius 3 is 2.38 bits per heavy atom. The Bertz CT molecular complexity index is 283. The molecular formula is C18H35NO2. The van der Waals surface area contributed by atoms with Crippen molar-refractivity contribution in [2.75, 3.05) is 26.3 Å². The van der Waals surface area contributed by atoms with Gasteiger partial charge in [-0.2, -0.15) is 0 Å². The maximum Gasteiger partial charge on any atom is 0.0726 e. The highest BCUT2D eigenvalue weighted by molar-refractivity contribution is 5.01. The summed E-state index contributed by atoms with van der Waals surface area (Å²) < 4.78 is 5.52. The third kappa shape index (κ3) is 4.20. The Morgan fingerprint density at radius 1 is 1.14 bits per heavy atom. The van der Waals surface area contributed by atoms with Gasteiger partial charge in [-0.15, -0.1) is 0 Å². The van der Waals surface area contributed by atoms with Crippen molar-refractivity contribution in [3.63, 3.8) is 0 Å². The standard InChI is InChI=1S/C18H35NO2/c1-3-5-8-16(4-2)15-17(20)18(9-6-7-10-18)19-11-13-21-14-12-19/h16-17,20H,3-15H2,1-2H3. The van der Waals surface area contributed by atoms with Crippen molar-refractivity contribution in [3.8, 4) is 0 Å². The van der Waals surface area contributed by atoms with Crippen molar-refractivity contribution in [2.24, 2.45) is 5.92 Å². The van der Waals surface area contributed by atoms with E-state index in [9.17, 15) is 5.11 Å². The highest BCUT2D eigenvalue weighted by Gasteiger charge is 2.45. The van der Waals surface area contributed by atoms with Crippen molar-refractivity contribution in [3.05, 3.63) is 0 Å². The molecule has 2 fully saturated rings. The molecule has 124 valence electrons. The van der Waals surface area contributed by atoms with Gasteiger partial charge in [0.2, 0.25) is 0 Å². The number of nitrogens with zero attached hydrogens (tertiary/aromatic N) is 1. The lowest BCUT2D eigenvalue weighted by atomic mass is 9.81. The number of aliphatic hydroxyl groups is 1. The highest BCUT2D eigenvalue weighted by atomic mass is 16.5. The van der Waals surface area contributed by atoms with Gasteiger partial charge in [0.05, 0.1) is 19.3 Å². The van der Waals surface area contributed by atoms with Crippen molar-refractivity contribution < 1.29 is 9.84 Å². The fraction of sp³-hybridized carbons (Fsp3) is 1.00. The van der Waals surface area contributed by atoms with E-state index in [1.165, 1.54) is 51.4 Å². The third-order valence-electron chi connectivity index (χ3n) is 5.83. The van der Waals surface area contributed by atoms with Crippen LogP contribution in [0.4, 0.5) is 0 Å². The Labute approximate surface area is 131 Å². The summed E-state index contributed by atoms with van der Waals surface area (Å²) in [6.07, 6.45) is 10.8. The summed E-state index contributed by atoms with van der Waals surface area (Å²) in [5, 5.41) is 11.1. The fourth-order valence-corrected chi connectivity index (χ4v) is 4.37. The van der Waals surface area contributed by atoms with E-state index in [1.807, 2.05) is 0 Å². The van der Waals surface area contributed by atoms with Gasteiger partial charge in [-0.3, -0.25) is 4.90 Å². The molecule has 1 aliphatic heterocycles. The molecular weight excluding hydrogens is 262 g/mol. The summed E-state index contributed by atoms with van der Waals surface area (Å²) in [6, 6.07) is 0. The zero-order chi connectivity index (χ0) is 15.1. The maximum absolute atomic E-state index is 11.1. The molecule has 2 rings (SSSR count). The maximum atomic E-state index is 11.1. The number of hydrogen-bond acceptors (Lipinski definition) is 3. The van der Waals surface area contributed by atoms with Gasteiger partial charge >= 0.3 is 0 Å². The molecule has 1 heterocycles. The molecule has 2 unspecified atom stereocenters. The summed E-state index contributed by atoms with van der Waals surface area (Å²) in [5.74, 6) is 0.693. The van der Waals surface area contributed by atoms with Crippen molar-refractivity contribution in [2.45, 2.75) is 83.3 Å². The van der Waals surface area contributed by atoms with Gasteiger partial charge in [-0.25, -0.2) is 0 Å². The molecule has 3 nitrogen and oxygen atoms in total. The van der Waals surface area contributed by atoms with E-state index in [0.717, 1.165) is 32.7 Å². The largest absolute Gasteiger partial charge is 0.391 e. The number of unbranched alkanes of at least 4 members (excludes halogenated alkanes) is 1. The van der Waals surface area contributed by atoms with Crippen molar-refractivity contribution in [1.82, 2.24) is 4.90 Å². The van der Waals surface area contributed by atoms with Gasteiger partial charge in [-0.05, 0) is 25.2 Å². The average Bonchev–Trinajstić information content (AvgIpc) is 3.03. The Balaban J connectivity index is 1.99. The third-order valence-corrected chi connectivity index (χ3v) is 5.83. The lowest BCUT2D eigenvalue weighted by Crippen LogP contribution is -2.58. The van der Waals surface area contributed by atoms with Crippen molar-refractivity contribution >= 4 is 0 Å². The SMILES string of the molecule is CCCCC(CC)CC(O)C1(N2CCOCC2)CCCC1. The Hall–Kier alpha value is -0.120. The van der Waals surface area contributed by atoms with Crippen LogP contribution in [-0.4, -0.2) is 48.0 Å². The van der Waals surface area contributed by atoms with Crippen LogP contribution in [0.1, 0.15) is 71.6 Å². The second-order valence-electron chi connectivity index (χ2n) is 7.08. The van der Waals surface area contributed by atoms with Crippen LogP contribution in [0.5, 0.6) is 0 Å². The molecule has 0 amide bonds. The number of rotatable bonds is 8. The molecule has 3 heteroatoms. The number of morpholine rings is 1. The average molecular weight is 297 g/mol. The van der Waals surface area contributed by atoms with Crippen LogP contribution in [-0.2, 0) is 4.74 Å². The number of aliphatic hydroxyl groups excluding tert-OH is 1. The Morgan fingerprint density at radius 2 is 1.81 bits per heavy atom. The van der Waals surface area contributed by atoms with Crippen LogP contribution in [0, 0.1) is 5.92 Å². The van der Waals surface area contributed by atoms with E-state index in [1.54, 1.807) is 0 Å². The predicted molar refractivity (Wildman–Crippen MR) is 87.5 cm³/mol. The first kappa shape index (κ1) is 17.2. The van der Waals surface area contributed by atoms with Crippen molar-refractivity contribution in [1.29, 1.82) is 0 Å². The fourth-order valence-electron chi connectivity index (χ4n) is 4.37. The van der Waals surface area contributed by atoms with Crippen LogP contribution < -0.4 is 0 Å². The summed E-state index contributed by atoms with van der Waals surface area (Å²) in [5.41, 5.74) is 0.0589. The summed E-state index contributed by atoms with van der Waals surface area (Å²) >= 11 is 0. The topological polar surface area (TPSA) is 32.7 Å². The first-order valence-electron chi connectivity index (χ1n) is 9.23. The minimum absolute atomic E-state index is 0.0589. The quantitative estimate of drug-likeness (QED) is 0.743. The summed E-state index contributed by atoms with van der Waals surface area (Å²) in [4.78, 5) is 2.56. The smallest absolute Gasteiger partial charge is 0.0726 e. The minimum atomic E-state index is -0.153. The van der Waals surface area contributed by atoms with E-state index in [-0.39, 0.29) is 11.6 Å². The van der Waals surface area contributed by atoms with E-state index in [0.29, 0.717) is 5.92 Å². The van der Waals surface area contributed by atoms with Crippen LogP contribution in [0.2, 0.25) is 0 Å². The summed E-state index contributed by atoms with van der Waals surface area (Å²) in [7, 11) is 0. The van der Waals surface area contributed by atoms with Crippen LogP contribution >= 0.6 is 0 Å². The molecule has 0 radical (unpaired) electrons. The van der Waals surface area contributed by atoms with Gasteiger partial charge in [0, 0.05) is 18.6 Å².